The Hall–Kier alpha value is -1.89. The molecule has 1 N–H and O–H groups in total. The van der Waals surface area contributed by atoms with Gasteiger partial charge in [-0.05, 0) is 18.3 Å². The predicted octanol–water partition coefficient (Wildman–Crippen LogP) is 4.15. The minimum absolute atomic E-state index is 0.133. The zero-order chi connectivity index (χ0) is 20.2. The Bertz CT molecular complexity index is 782. The van der Waals surface area contributed by atoms with Gasteiger partial charge >= 0.3 is 5.97 Å². The molecule has 0 saturated heterocycles. The third kappa shape index (κ3) is 5.31. The van der Waals surface area contributed by atoms with Gasteiger partial charge in [-0.2, -0.15) is 19.6 Å². The molecule has 150 valence electrons. The molecule has 0 radical (unpaired) electrons. The number of aromatic nitrogens is 4. The largest absolute Gasteiger partial charge is 0.463 e. The van der Waals surface area contributed by atoms with Crippen molar-refractivity contribution in [2.24, 2.45) is 11.3 Å². The molecule has 0 aliphatic heterocycles. The number of esters is 1. The van der Waals surface area contributed by atoms with E-state index in [4.69, 9.17) is 16.3 Å². The number of carbonyl (C=O) groups excluding carboxylic acids is 1. The van der Waals surface area contributed by atoms with E-state index in [0.29, 0.717) is 10.9 Å². The SMILES string of the molecule is CCCCc1c(Cl)nc2ncnn2c1N[C@H](COC(=O)C(C)C)C(C)(C)C. The topological polar surface area (TPSA) is 81.4 Å². The van der Waals surface area contributed by atoms with Crippen LogP contribution in [0.1, 0.15) is 59.9 Å². The normalized spacial score (nSPS) is 13.2. The zero-order valence-electron chi connectivity index (χ0n) is 17.0. The summed E-state index contributed by atoms with van der Waals surface area (Å²) in [7, 11) is 0. The summed E-state index contributed by atoms with van der Waals surface area (Å²) in [5.41, 5.74) is 0.739. The van der Waals surface area contributed by atoms with Crippen LogP contribution in [-0.4, -0.2) is 38.2 Å². The van der Waals surface area contributed by atoms with Gasteiger partial charge in [0, 0.05) is 5.56 Å². The number of carbonyl (C=O) groups is 1. The molecule has 2 heterocycles. The van der Waals surface area contributed by atoms with E-state index in [2.05, 4.69) is 48.1 Å². The lowest BCUT2D eigenvalue weighted by atomic mass is 9.87. The second-order valence-electron chi connectivity index (χ2n) is 8.15. The number of anilines is 1. The van der Waals surface area contributed by atoms with Gasteiger partial charge < -0.3 is 10.1 Å². The first-order chi connectivity index (χ1) is 12.6. The molecule has 0 bridgehead atoms. The van der Waals surface area contributed by atoms with Crippen LogP contribution in [0, 0.1) is 11.3 Å². The van der Waals surface area contributed by atoms with Crippen LogP contribution < -0.4 is 5.32 Å². The number of nitrogens with zero attached hydrogens (tertiary/aromatic N) is 4. The maximum Gasteiger partial charge on any atom is 0.308 e. The number of nitrogens with one attached hydrogen (secondary N) is 1. The Balaban J connectivity index is 2.39. The Morgan fingerprint density at radius 1 is 1.37 bits per heavy atom. The highest BCUT2D eigenvalue weighted by Gasteiger charge is 2.29. The number of fused-ring (bicyclic) bond motifs is 1. The van der Waals surface area contributed by atoms with Gasteiger partial charge in [0.1, 0.15) is 23.9 Å². The molecule has 0 aliphatic carbocycles. The van der Waals surface area contributed by atoms with Gasteiger partial charge in [-0.3, -0.25) is 4.79 Å². The molecule has 0 unspecified atom stereocenters. The van der Waals surface area contributed by atoms with Gasteiger partial charge in [0.25, 0.3) is 5.78 Å². The molecule has 7 nitrogen and oxygen atoms in total. The monoisotopic (exact) mass is 395 g/mol. The van der Waals surface area contributed by atoms with E-state index in [-0.39, 0.29) is 30.0 Å². The van der Waals surface area contributed by atoms with Crippen molar-refractivity contribution in [2.75, 3.05) is 11.9 Å². The van der Waals surface area contributed by atoms with Gasteiger partial charge in [0.05, 0.1) is 12.0 Å². The molecule has 2 rings (SSSR count). The van der Waals surface area contributed by atoms with Crippen molar-refractivity contribution < 1.29 is 9.53 Å². The molecule has 0 aliphatic rings. The van der Waals surface area contributed by atoms with Crippen LogP contribution in [0.25, 0.3) is 5.78 Å². The Morgan fingerprint density at radius 2 is 2.07 bits per heavy atom. The molecule has 1 atom stereocenters. The van der Waals surface area contributed by atoms with Crippen molar-refractivity contribution >= 4 is 29.2 Å². The molecule has 2 aromatic rings. The van der Waals surface area contributed by atoms with Crippen LogP contribution in [0.4, 0.5) is 5.82 Å². The number of hydrogen-bond acceptors (Lipinski definition) is 6. The summed E-state index contributed by atoms with van der Waals surface area (Å²) in [5, 5.41) is 8.25. The van der Waals surface area contributed by atoms with Crippen LogP contribution in [0.15, 0.2) is 6.33 Å². The van der Waals surface area contributed by atoms with Crippen LogP contribution in [0.5, 0.6) is 0 Å². The zero-order valence-corrected chi connectivity index (χ0v) is 17.8. The van der Waals surface area contributed by atoms with Crippen LogP contribution in [-0.2, 0) is 16.0 Å². The highest BCUT2D eigenvalue weighted by molar-refractivity contribution is 6.30. The highest BCUT2D eigenvalue weighted by atomic mass is 35.5. The second kappa shape index (κ2) is 8.87. The second-order valence-corrected chi connectivity index (χ2v) is 8.51. The number of rotatable bonds is 8. The lowest BCUT2D eigenvalue weighted by Crippen LogP contribution is -2.40. The molecule has 0 saturated carbocycles. The fraction of sp³-hybridized carbons (Fsp3) is 0.684. The lowest BCUT2D eigenvalue weighted by molar-refractivity contribution is -0.148. The van der Waals surface area contributed by atoms with Crippen molar-refractivity contribution in [3.63, 3.8) is 0 Å². The fourth-order valence-electron chi connectivity index (χ4n) is 2.58. The maximum atomic E-state index is 12.0. The average molecular weight is 396 g/mol. The summed E-state index contributed by atoms with van der Waals surface area (Å²) in [6, 6.07) is -0.133. The predicted molar refractivity (Wildman–Crippen MR) is 107 cm³/mol. The van der Waals surface area contributed by atoms with E-state index in [0.717, 1.165) is 30.6 Å². The quantitative estimate of drug-likeness (QED) is 0.534. The minimum atomic E-state index is -0.212. The first-order valence-electron chi connectivity index (χ1n) is 9.46. The summed E-state index contributed by atoms with van der Waals surface area (Å²) in [4.78, 5) is 20.5. The van der Waals surface area contributed by atoms with Crippen molar-refractivity contribution in [1.82, 2.24) is 19.6 Å². The number of halogens is 1. The van der Waals surface area contributed by atoms with Gasteiger partial charge in [0.15, 0.2) is 0 Å². The van der Waals surface area contributed by atoms with E-state index in [9.17, 15) is 4.79 Å². The highest BCUT2D eigenvalue weighted by Crippen LogP contribution is 2.29. The van der Waals surface area contributed by atoms with Crippen molar-refractivity contribution in [1.29, 1.82) is 0 Å². The van der Waals surface area contributed by atoms with Crippen LogP contribution in [0.3, 0.4) is 0 Å². The average Bonchev–Trinajstić information content (AvgIpc) is 3.03. The summed E-state index contributed by atoms with van der Waals surface area (Å²) >= 11 is 6.45. The third-order valence-electron chi connectivity index (χ3n) is 4.47. The number of unbranched alkanes of at least 4 members (excludes halogenated alkanes) is 1. The molecular formula is C19H30ClN5O2. The first-order valence-corrected chi connectivity index (χ1v) is 9.84. The van der Waals surface area contributed by atoms with Gasteiger partial charge in [-0.15, -0.1) is 0 Å². The molecule has 0 aromatic carbocycles. The van der Waals surface area contributed by atoms with Crippen molar-refractivity contribution in [3.05, 3.63) is 17.0 Å². The molecule has 2 aromatic heterocycles. The summed E-state index contributed by atoms with van der Waals surface area (Å²) in [5.74, 6) is 0.824. The fourth-order valence-corrected chi connectivity index (χ4v) is 2.84. The Morgan fingerprint density at radius 3 is 2.67 bits per heavy atom. The lowest BCUT2D eigenvalue weighted by Gasteiger charge is -2.32. The number of ether oxygens (including phenoxy) is 1. The standard InChI is InChI=1S/C19H30ClN5O2/c1-7-8-9-13-15(20)24-18-21-11-22-25(18)16(13)23-14(19(4,5)6)10-27-17(26)12(2)3/h11-12,14,23H,7-10H2,1-6H3/t14-/m1/s1. The van der Waals surface area contributed by atoms with E-state index < -0.39 is 0 Å². The first kappa shape index (κ1) is 21.4. The molecule has 0 amide bonds. The minimum Gasteiger partial charge on any atom is -0.463 e. The molecule has 0 spiro atoms. The van der Waals surface area contributed by atoms with E-state index in [1.54, 1.807) is 4.52 Å². The van der Waals surface area contributed by atoms with E-state index >= 15 is 0 Å². The molecule has 27 heavy (non-hydrogen) atoms. The third-order valence-corrected chi connectivity index (χ3v) is 4.79. The smallest absolute Gasteiger partial charge is 0.308 e. The molecular weight excluding hydrogens is 366 g/mol. The Labute approximate surface area is 165 Å². The van der Waals surface area contributed by atoms with E-state index in [1.807, 2.05) is 13.8 Å². The van der Waals surface area contributed by atoms with E-state index in [1.165, 1.54) is 6.33 Å². The van der Waals surface area contributed by atoms with Gasteiger partial charge in [0.2, 0.25) is 0 Å². The maximum absolute atomic E-state index is 12.0. The molecule has 8 heteroatoms. The Kier molecular flexibility index (Phi) is 7.03. The summed E-state index contributed by atoms with van der Waals surface area (Å²) in [6.07, 6.45) is 4.26. The van der Waals surface area contributed by atoms with Gasteiger partial charge in [-0.1, -0.05) is 59.6 Å². The van der Waals surface area contributed by atoms with Crippen molar-refractivity contribution in [2.45, 2.75) is 66.8 Å². The van der Waals surface area contributed by atoms with Crippen LogP contribution >= 0.6 is 11.6 Å². The van der Waals surface area contributed by atoms with Gasteiger partial charge in [-0.25, -0.2) is 0 Å². The summed E-state index contributed by atoms with van der Waals surface area (Å²) < 4.78 is 7.18. The van der Waals surface area contributed by atoms with Crippen LogP contribution in [0.2, 0.25) is 5.15 Å². The summed E-state index contributed by atoms with van der Waals surface area (Å²) in [6.45, 7) is 12.3. The number of hydrogen-bond donors (Lipinski definition) is 1. The molecule has 0 fully saturated rings. The van der Waals surface area contributed by atoms with Crippen molar-refractivity contribution in [3.8, 4) is 0 Å².